The molecule has 1 aliphatic heterocycles. The smallest absolute Gasteiger partial charge is 0.0712 e. The molecule has 2 atom stereocenters. The fraction of sp³-hybridized carbons (Fsp3) is 1.00. The van der Waals surface area contributed by atoms with Crippen LogP contribution in [0.3, 0.4) is 0 Å². The lowest BCUT2D eigenvalue weighted by atomic mass is 10.1. The molecule has 90 valence electrons. The van der Waals surface area contributed by atoms with Gasteiger partial charge in [0, 0.05) is 25.7 Å². The van der Waals surface area contributed by atoms with Gasteiger partial charge in [-0.1, -0.05) is 13.8 Å². The van der Waals surface area contributed by atoms with E-state index in [9.17, 15) is 0 Å². The van der Waals surface area contributed by atoms with Crippen molar-refractivity contribution in [1.29, 1.82) is 0 Å². The zero-order valence-corrected chi connectivity index (χ0v) is 10.5. The average molecular weight is 214 g/mol. The molecule has 3 nitrogen and oxygen atoms in total. The lowest BCUT2D eigenvalue weighted by Gasteiger charge is -2.30. The predicted octanol–water partition coefficient (Wildman–Crippen LogP) is 1.49. The summed E-state index contributed by atoms with van der Waals surface area (Å²) in [5.41, 5.74) is 0. The minimum atomic E-state index is 0.428. The van der Waals surface area contributed by atoms with E-state index in [1.165, 1.54) is 6.42 Å². The predicted molar refractivity (Wildman–Crippen MR) is 64.2 cm³/mol. The maximum Gasteiger partial charge on any atom is 0.0712 e. The van der Waals surface area contributed by atoms with Gasteiger partial charge in [-0.25, -0.2) is 0 Å². The van der Waals surface area contributed by atoms with Crippen molar-refractivity contribution in [3.05, 3.63) is 0 Å². The van der Waals surface area contributed by atoms with Gasteiger partial charge in [-0.05, 0) is 26.3 Å². The van der Waals surface area contributed by atoms with E-state index in [0.717, 1.165) is 39.2 Å². The zero-order valence-electron chi connectivity index (χ0n) is 10.5. The summed E-state index contributed by atoms with van der Waals surface area (Å²) in [5.74, 6) is 0. The van der Waals surface area contributed by atoms with Gasteiger partial charge >= 0.3 is 0 Å². The van der Waals surface area contributed by atoms with E-state index in [1.54, 1.807) is 0 Å². The lowest BCUT2D eigenvalue weighted by molar-refractivity contribution is 0.0152. The number of hydrogen-bond acceptors (Lipinski definition) is 3. The molecule has 1 N–H and O–H groups in total. The number of rotatable bonds is 6. The van der Waals surface area contributed by atoms with Crippen LogP contribution in [0.15, 0.2) is 0 Å². The van der Waals surface area contributed by atoms with Crippen LogP contribution >= 0.6 is 0 Å². The van der Waals surface area contributed by atoms with Gasteiger partial charge in [0.15, 0.2) is 0 Å². The molecule has 1 rings (SSSR count). The average Bonchev–Trinajstić information content (AvgIpc) is 2.31. The van der Waals surface area contributed by atoms with E-state index in [1.807, 2.05) is 0 Å². The fourth-order valence-corrected chi connectivity index (χ4v) is 2.06. The summed E-state index contributed by atoms with van der Waals surface area (Å²) in [6.07, 6.45) is 2.82. The summed E-state index contributed by atoms with van der Waals surface area (Å²) in [7, 11) is 0. The van der Waals surface area contributed by atoms with Crippen molar-refractivity contribution in [2.24, 2.45) is 0 Å². The molecule has 1 aliphatic rings. The summed E-state index contributed by atoms with van der Waals surface area (Å²) in [6.45, 7) is 12.0. The lowest BCUT2D eigenvalue weighted by Crippen LogP contribution is -2.41. The first kappa shape index (κ1) is 12.9. The van der Waals surface area contributed by atoms with Gasteiger partial charge in [0.2, 0.25) is 0 Å². The van der Waals surface area contributed by atoms with Gasteiger partial charge in [0.1, 0.15) is 0 Å². The Morgan fingerprint density at radius 2 is 2.27 bits per heavy atom. The minimum Gasteiger partial charge on any atom is -0.376 e. The molecule has 0 aromatic carbocycles. The van der Waals surface area contributed by atoms with Crippen LogP contribution in [0.4, 0.5) is 0 Å². The first-order valence-corrected chi connectivity index (χ1v) is 6.34. The molecule has 0 radical (unpaired) electrons. The van der Waals surface area contributed by atoms with Crippen LogP contribution in [0.2, 0.25) is 0 Å². The van der Waals surface area contributed by atoms with Crippen LogP contribution in [0.1, 0.15) is 33.6 Å². The molecule has 1 fully saturated rings. The Morgan fingerprint density at radius 3 is 2.80 bits per heavy atom. The molecule has 1 saturated heterocycles. The minimum absolute atomic E-state index is 0.428. The number of ether oxygens (including phenoxy) is 1. The van der Waals surface area contributed by atoms with E-state index in [0.29, 0.717) is 12.1 Å². The highest BCUT2D eigenvalue weighted by Gasteiger charge is 2.16. The van der Waals surface area contributed by atoms with E-state index >= 15 is 0 Å². The first-order chi connectivity index (χ1) is 7.27. The summed E-state index contributed by atoms with van der Waals surface area (Å²) in [4.78, 5) is 2.54. The molecule has 2 unspecified atom stereocenters. The van der Waals surface area contributed by atoms with Crippen molar-refractivity contribution < 1.29 is 4.74 Å². The van der Waals surface area contributed by atoms with Gasteiger partial charge in [-0.2, -0.15) is 0 Å². The van der Waals surface area contributed by atoms with Crippen LogP contribution in [0.5, 0.6) is 0 Å². The maximum absolute atomic E-state index is 5.70. The highest BCUT2D eigenvalue weighted by atomic mass is 16.5. The van der Waals surface area contributed by atoms with Gasteiger partial charge in [-0.3, -0.25) is 0 Å². The Bertz CT molecular complexity index is 158. The van der Waals surface area contributed by atoms with Gasteiger partial charge in [0.05, 0.1) is 12.7 Å². The number of nitrogens with zero attached hydrogens (tertiary/aromatic N) is 1. The molecule has 0 aliphatic carbocycles. The molecule has 15 heavy (non-hydrogen) atoms. The molecule has 0 amide bonds. The summed E-state index contributed by atoms with van der Waals surface area (Å²) in [6, 6.07) is 0.701. The van der Waals surface area contributed by atoms with Crippen LogP contribution in [-0.4, -0.2) is 49.8 Å². The SMILES string of the molecule is CCC(C)N(CC)CCC1CNCCO1. The normalized spacial score (nSPS) is 24.4. The monoisotopic (exact) mass is 214 g/mol. The van der Waals surface area contributed by atoms with Gasteiger partial charge < -0.3 is 15.0 Å². The largest absolute Gasteiger partial charge is 0.376 e. The third kappa shape index (κ3) is 4.49. The second-order valence-corrected chi connectivity index (χ2v) is 4.37. The number of nitrogens with one attached hydrogen (secondary N) is 1. The van der Waals surface area contributed by atoms with E-state index in [-0.39, 0.29) is 0 Å². The Labute approximate surface area is 94.2 Å². The highest BCUT2D eigenvalue weighted by molar-refractivity contribution is 4.71. The van der Waals surface area contributed by atoms with Crippen LogP contribution in [0, 0.1) is 0 Å². The van der Waals surface area contributed by atoms with Crippen molar-refractivity contribution in [2.45, 2.75) is 45.8 Å². The molecule has 0 aromatic rings. The fourth-order valence-electron chi connectivity index (χ4n) is 2.06. The molecule has 3 heteroatoms. The third-order valence-corrected chi connectivity index (χ3v) is 3.36. The second-order valence-electron chi connectivity index (χ2n) is 4.37. The van der Waals surface area contributed by atoms with Crippen LogP contribution in [0.25, 0.3) is 0 Å². The second kappa shape index (κ2) is 7.20. The zero-order chi connectivity index (χ0) is 11.1. The first-order valence-electron chi connectivity index (χ1n) is 6.34. The highest BCUT2D eigenvalue weighted by Crippen LogP contribution is 2.08. The number of hydrogen-bond donors (Lipinski definition) is 1. The molecule has 0 spiro atoms. The summed E-state index contributed by atoms with van der Waals surface area (Å²) < 4.78 is 5.70. The van der Waals surface area contributed by atoms with Crippen molar-refractivity contribution in [3.63, 3.8) is 0 Å². The van der Waals surface area contributed by atoms with Gasteiger partial charge in [0.25, 0.3) is 0 Å². The molecule has 0 bridgehead atoms. The molecule has 1 heterocycles. The topological polar surface area (TPSA) is 24.5 Å². The van der Waals surface area contributed by atoms with E-state index in [2.05, 4.69) is 31.0 Å². The Kier molecular flexibility index (Phi) is 6.22. The molecule has 0 aromatic heterocycles. The molecular formula is C12H26N2O. The molecular weight excluding hydrogens is 188 g/mol. The molecule has 0 saturated carbocycles. The maximum atomic E-state index is 5.70. The third-order valence-electron chi connectivity index (χ3n) is 3.36. The Balaban J connectivity index is 2.20. The Morgan fingerprint density at radius 1 is 1.47 bits per heavy atom. The summed E-state index contributed by atoms with van der Waals surface area (Å²) in [5, 5.41) is 3.38. The van der Waals surface area contributed by atoms with Crippen LogP contribution < -0.4 is 5.32 Å². The van der Waals surface area contributed by atoms with Crippen molar-refractivity contribution in [1.82, 2.24) is 10.2 Å². The van der Waals surface area contributed by atoms with Crippen molar-refractivity contribution >= 4 is 0 Å². The van der Waals surface area contributed by atoms with Gasteiger partial charge in [-0.15, -0.1) is 0 Å². The number of morpholine rings is 1. The standard InChI is InChI=1S/C12H26N2O/c1-4-11(3)14(5-2)8-6-12-10-13-7-9-15-12/h11-13H,4-10H2,1-3H3. The van der Waals surface area contributed by atoms with Crippen molar-refractivity contribution in [2.75, 3.05) is 32.8 Å². The van der Waals surface area contributed by atoms with E-state index in [4.69, 9.17) is 4.74 Å². The Hall–Kier alpha value is -0.120. The van der Waals surface area contributed by atoms with Crippen molar-refractivity contribution in [3.8, 4) is 0 Å². The quantitative estimate of drug-likeness (QED) is 0.725. The summed E-state index contributed by atoms with van der Waals surface area (Å²) >= 11 is 0. The van der Waals surface area contributed by atoms with E-state index < -0.39 is 0 Å². The van der Waals surface area contributed by atoms with Crippen LogP contribution in [-0.2, 0) is 4.74 Å².